The van der Waals surface area contributed by atoms with Gasteiger partial charge in [0.2, 0.25) is 5.76 Å². The van der Waals surface area contributed by atoms with Crippen molar-refractivity contribution in [2.75, 3.05) is 0 Å². The van der Waals surface area contributed by atoms with Crippen LogP contribution in [0.4, 0.5) is 4.39 Å². The van der Waals surface area contributed by atoms with Crippen LogP contribution < -0.4 is 10.2 Å². The standard InChI is InChI=1S/C24H21FN2O4/c1-14-5-3-6-16(13-14)23(28)27-26-19-7-4-8-20-21(19)15(2)22(31-20)24(29)30-18-11-9-17(25)10-12-18/h3,5-6,9-13H,4,7-8H2,1-2H3,(H,27,28)/b26-19+. The highest BCUT2D eigenvalue weighted by atomic mass is 19.1. The Morgan fingerprint density at radius 1 is 1.10 bits per heavy atom. The van der Waals surface area contributed by atoms with E-state index in [1.54, 1.807) is 19.1 Å². The molecular formula is C24H21FN2O4. The number of hydrazone groups is 1. The molecule has 3 aromatic rings. The summed E-state index contributed by atoms with van der Waals surface area (Å²) in [5.74, 6) is -0.452. The molecule has 1 N–H and O–H groups in total. The number of nitrogens with one attached hydrogen (secondary N) is 1. The van der Waals surface area contributed by atoms with Crippen LogP contribution in [0.25, 0.3) is 0 Å². The Morgan fingerprint density at radius 2 is 1.87 bits per heavy atom. The van der Waals surface area contributed by atoms with E-state index in [9.17, 15) is 14.0 Å². The van der Waals surface area contributed by atoms with Crippen LogP contribution in [-0.4, -0.2) is 17.6 Å². The van der Waals surface area contributed by atoms with E-state index in [0.29, 0.717) is 35.4 Å². The van der Waals surface area contributed by atoms with Gasteiger partial charge in [-0.2, -0.15) is 5.10 Å². The molecule has 1 aromatic heterocycles. The van der Waals surface area contributed by atoms with Gasteiger partial charge in [0.05, 0.1) is 5.71 Å². The summed E-state index contributed by atoms with van der Waals surface area (Å²) in [5, 5.41) is 4.32. The van der Waals surface area contributed by atoms with Crippen LogP contribution in [0, 0.1) is 19.7 Å². The Hall–Kier alpha value is -3.74. The number of nitrogens with zero attached hydrogens (tertiary/aromatic N) is 1. The van der Waals surface area contributed by atoms with Gasteiger partial charge >= 0.3 is 5.97 Å². The average Bonchev–Trinajstić information content (AvgIpc) is 3.11. The second kappa shape index (κ2) is 8.55. The van der Waals surface area contributed by atoms with E-state index >= 15 is 0 Å². The van der Waals surface area contributed by atoms with Crippen LogP contribution in [0.15, 0.2) is 58.0 Å². The van der Waals surface area contributed by atoms with Crippen molar-refractivity contribution >= 4 is 17.6 Å². The molecule has 1 amide bonds. The van der Waals surface area contributed by atoms with E-state index in [4.69, 9.17) is 9.15 Å². The highest BCUT2D eigenvalue weighted by Crippen LogP contribution is 2.30. The van der Waals surface area contributed by atoms with Crippen LogP contribution in [0.5, 0.6) is 5.75 Å². The minimum Gasteiger partial charge on any atom is -0.453 e. The predicted octanol–water partition coefficient (Wildman–Crippen LogP) is 4.73. The Labute approximate surface area is 178 Å². The van der Waals surface area contributed by atoms with Crippen LogP contribution in [0.2, 0.25) is 0 Å². The van der Waals surface area contributed by atoms with Gasteiger partial charge in [0.1, 0.15) is 17.3 Å². The fourth-order valence-corrected chi connectivity index (χ4v) is 3.60. The number of benzene rings is 2. The van der Waals surface area contributed by atoms with Crippen molar-refractivity contribution in [1.82, 2.24) is 5.43 Å². The van der Waals surface area contributed by atoms with Crippen molar-refractivity contribution in [2.45, 2.75) is 33.1 Å². The third kappa shape index (κ3) is 4.40. The van der Waals surface area contributed by atoms with E-state index in [0.717, 1.165) is 17.5 Å². The molecule has 0 unspecified atom stereocenters. The molecule has 0 saturated heterocycles. The first-order valence-corrected chi connectivity index (χ1v) is 9.96. The summed E-state index contributed by atoms with van der Waals surface area (Å²) >= 11 is 0. The molecule has 0 fully saturated rings. The maximum Gasteiger partial charge on any atom is 0.379 e. The fourth-order valence-electron chi connectivity index (χ4n) is 3.60. The summed E-state index contributed by atoms with van der Waals surface area (Å²) < 4.78 is 24.2. The zero-order valence-electron chi connectivity index (χ0n) is 17.2. The van der Waals surface area contributed by atoms with Gasteiger partial charge in [-0.3, -0.25) is 4.79 Å². The minimum atomic E-state index is -0.665. The lowest BCUT2D eigenvalue weighted by Gasteiger charge is -2.13. The van der Waals surface area contributed by atoms with Crippen molar-refractivity contribution in [3.63, 3.8) is 0 Å². The molecular weight excluding hydrogens is 399 g/mol. The van der Waals surface area contributed by atoms with E-state index in [2.05, 4.69) is 10.5 Å². The molecule has 1 heterocycles. The fraction of sp³-hybridized carbons (Fsp3) is 0.208. The molecule has 0 saturated carbocycles. The quantitative estimate of drug-likeness (QED) is 0.376. The molecule has 0 atom stereocenters. The third-order valence-electron chi connectivity index (χ3n) is 5.11. The molecule has 0 spiro atoms. The SMILES string of the molecule is Cc1cccc(C(=O)N/N=C2\CCCc3oc(C(=O)Oc4ccc(F)cc4)c(C)c32)c1. The van der Waals surface area contributed by atoms with Crippen molar-refractivity contribution in [2.24, 2.45) is 5.10 Å². The number of amides is 1. The zero-order valence-corrected chi connectivity index (χ0v) is 17.2. The van der Waals surface area contributed by atoms with Gasteiger partial charge in [-0.15, -0.1) is 0 Å². The molecule has 4 rings (SSSR count). The summed E-state index contributed by atoms with van der Waals surface area (Å²) in [7, 11) is 0. The number of fused-ring (bicyclic) bond motifs is 1. The molecule has 0 radical (unpaired) electrons. The van der Waals surface area contributed by atoms with Crippen molar-refractivity contribution in [3.05, 3.63) is 88.1 Å². The van der Waals surface area contributed by atoms with Gasteiger partial charge in [-0.1, -0.05) is 17.7 Å². The smallest absolute Gasteiger partial charge is 0.379 e. The topological polar surface area (TPSA) is 80.9 Å². The summed E-state index contributed by atoms with van der Waals surface area (Å²) in [6.07, 6.45) is 2.09. The molecule has 2 aromatic carbocycles. The molecule has 0 aliphatic heterocycles. The predicted molar refractivity (Wildman–Crippen MR) is 113 cm³/mol. The Bertz CT molecular complexity index is 1180. The monoisotopic (exact) mass is 420 g/mol. The second-order valence-electron chi connectivity index (χ2n) is 7.42. The number of carbonyl (C=O) groups is 2. The zero-order chi connectivity index (χ0) is 22.0. The van der Waals surface area contributed by atoms with Gasteiger partial charge in [-0.25, -0.2) is 14.6 Å². The van der Waals surface area contributed by atoms with Crippen LogP contribution >= 0.6 is 0 Å². The second-order valence-corrected chi connectivity index (χ2v) is 7.42. The highest BCUT2D eigenvalue weighted by Gasteiger charge is 2.29. The largest absolute Gasteiger partial charge is 0.453 e. The van der Waals surface area contributed by atoms with Gasteiger partial charge in [0.25, 0.3) is 5.91 Å². The molecule has 158 valence electrons. The lowest BCUT2D eigenvalue weighted by Crippen LogP contribution is -2.22. The first-order chi connectivity index (χ1) is 14.9. The number of rotatable bonds is 4. The van der Waals surface area contributed by atoms with E-state index < -0.39 is 11.8 Å². The number of aryl methyl sites for hydroxylation is 2. The maximum atomic E-state index is 13.1. The van der Waals surface area contributed by atoms with Crippen LogP contribution in [-0.2, 0) is 6.42 Å². The summed E-state index contributed by atoms with van der Waals surface area (Å²) in [5.41, 5.74) is 6.09. The summed E-state index contributed by atoms with van der Waals surface area (Å²) in [6, 6.07) is 12.4. The first kappa shape index (κ1) is 20.5. The lowest BCUT2D eigenvalue weighted by molar-refractivity contribution is 0.0698. The minimum absolute atomic E-state index is 0.0777. The number of hydrogen-bond donors (Lipinski definition) is 1. The molecule has 7 heteroatoms. The highest BCUT2D eigenvalue weighted by molar-refractivity contribution is 6.06. The van der Waals surface area contributed by atoms with Crippen LogP contribution in [0.1, 0.15) is 56.2 Å². The van der Waals surface area contributed by atoms with Crippen molar-refractivity contribution in [1.29, 1.82) is 0 Å². The lowest BCUT2D eigenvalue weighted by atomic mass is 9.93. The normalized spacial score (nSPS) is 14.2. The van der Waals surface area contributed by atoms with Crippen molar-refractivity contribution in [3.8, 4) is 5.75 Å². The van der Waals surface area contributed by atoms with E-state index in [-0.39, 0.29) is 17.4 Å². The summed E-state index contributed by atoms with van der Waals surface area (Å²) in [6.45, 7) is 3.67. The Balaban J connectivity index is 1.56. The average molecular weight is 420 g/mol. The van der Waals surface area contributed by atoms with E-state index in [1.807, 2.05) is 19.1 Å². The number of esters is 1. The molecule has 31 heavy (non-hydrogen) atoms. The maximum absolute atomic E-state index is 13.1. The Morgan fingerprint density at radius 3 is 2.61 bits per heavy atom. The number of ether oxygens (including phenoxy) is 1. The Kier molecular flexibility index (Phi) is 5.66. The number of carbonyl (C=O) groups excluding carboxylic acids is 2. The van der Waals surface area contributed by atoms with Gasteiger partial charge in [0, 0.05) is 23.1 Å². The molecule has 0 bridgehead atoms. The number of furan rings is 1. The van der Waals surface area contributed by atoms with Gasteiger partial charge in [0.15, 0.2) is 0 Å². The molecule has 6 nitrogen and oxygen atoms in total. The molecule has 1 aliphatic carbocycles. The third-order valence-corrected chi connectivity index (χ3v) is 5.11. The van der Waals surface area contributed by atoms with Gasteiger partial charge in [-0.05, 0) is 63.1 Å². The summed E-state index contributed by atoms with van der Waals surface area (Å²) in [4.78, 5) is 25.0. The first-order valence-electron chi connectivity index (χ1n) is 9.96. The number of halogens is 1. The van der Waals surface area contributed by atoms with Crippen LogP contribution in [0.3, 0.4) is 0 Å². The van der Waals surface area contributed by atoms with Crippen molar-refractivity contribution < 1.29 is 23.1 Å². The number of hydrogen-bond acceptors (Lipinski definition) is 5. The van der Waals surface area contributed by atoms with Gasteiger partial charge < -0.3 is 9.15 Å². The van der Waals surface area contributed by atoms with E-state index in [1.165, 1.54) is 24.3 Å². The molecule has 1 aliphatic rings.